The summed E-state index contributed by atoms with van der Waals surface area (Å²) in [6.45, 7) is 6.03. The number of ether oxygens (including phenoxy) is 3. The number of para-hydroxylation sites is 1. The lowest BCUT2D eigenvalue weighted by molar-refractivity contribution is -0.0273. The van der Waals surface area contributed by atoms with Crippen LogP contribution in [0, 0.1) is 17.4 Å². The van der Waals surface area contributed by atoms with Gasteiger partial charge in [0, 0.05) is 31.1 Å². The molecule has 0 saturated carbocycles. The van der Waals surface area contributed by atoms with Crippen molar-refractivity contribution in [1.29, 1.82) is 0 Å². The molecule has 12 heteroatoms. The number of carbonyl (C=O) groups excluding carboxylic acids is 1. The van der Waals surface area contributed by atoms with E-state index in [0.717, 1.165) is 32.1 Å². The number of rotatable bonds is 10. The Hall–Kier alpha value is -3.32. The second-order valence-corrected chi connectivity index (χ2v) is 10.7. The first-order valence-corrected chi connectivity index (χ1v) is 14.7. The molecule has 0 bridgehead atoms. The van der Waals surface area contributed by atoms with E-state index in [-0.39, 0.29) is 6.79 Å². The number of nitrogens with one attached hydrogen (secondary N) is 3. The lowest BCUT2D eigenvalue weighted by atomic mass is 10.1. The summed E-state index contributed by atoms with van der Waals surface area (Å²) in [6.07, 6.45) is 0. The number of carbonyl (C=O) groups is 1. The van der Waals surface area contributed by atoms with Gasteiger partial charge in [-0.3, -0.25) is 0 Å². The number of anilines is 5. The molecule has 42 heavy (non-hydrogen) atoms. The first-order chi connectivity index (χ1) is 20.2. The second-order valence-electron chi connectivity index (χ2n) is 8.71. The van der Waals surface area contributed by atoms with Gasteiger partial charge in [0.1, 0.15) is 11.6 Å². The average molecular weight is 724 g/mol. The Kier molecular flexibility index (Phi) is 12.9. The summed E-state index contributed by atoms with van der Waals surface area (Å²) in [5.74, 6) is 1.73. The van der Waals surface area contributed by atoms with Crippen molar-refractivity contribution in [2.45, 2.75) is 20.8 Å². The molecule has 4 rings (SSSR count). The molecule has 1 aromatic heterocycles. The highest BCUT2D eigenvalue weighted by molar-refractivity contribution is 14.1. The largest absolute Gasteiger partial charge is 0.496 e. The van der Waals surface area contributed by atoms with Crippen molar-refractivity contribution in [3.8, 4) is 5.75 Å². The number of esters is 1. The second kappa shape index (κ2) is 16.4. The van der Waals surface area contributed by atoms with Crippen molar-refractivity contribution in [2.75, 3.05) is 43.5 Å². The Bertz CT molecular complexity index is 1520. The van der Waals surface area contributed by atoms with E-state index < -0.39 is 5.97 Å². The first-order valence-electron chi connectivity index (χ1n) is 12.9. The number of benzene rings is 3. The maximum Gasteiger partial charge on any atom is 0.342 e. The summed E-state index contributed by atoms with van der Waals surface area (Å²) in [7, 11) is 3.50. The van der Waals surface area contributed by atoms with Crippen LogP contribution >= 0.6 is 45.8 Å². The molecule has 0 fully saturated rings. The Balaban J connectivity index is 0.000000235. The Morgan fingerprint density at radius 1 is 1.00 bits per heavy atom. The van der Waals surface area contributed by atoms with Crippen molar-refractivity contribution in [1.82, 2.24) is 9.97 Å². The van der Waals surface area contributed by atoms with Crippen LogP contribution in [0.15, 0.2) is 60.7 Å². The van der Waals surface area contributed by atoms with Gasteiger partial charge in [-0.15, -0.1) is 0 Å². The van der Waals surface area contributed by atoms with Crippen molar-refractivity contribution >= 4 is 80.6 Å². The van der Waals surface area contributed by atoms with Crippen LogP contribution in [0.2, 0.25) is 10.0 Å². The third-order valence-electron chi connectivity index (χ3n) is 5.69. The smallest absolute Gasteiger partial charge is 0.342 e. The molecular formula is C30H32Cl2IN5O4. The highest BCUT2D eigenvalue weighted by atomic mass is 127. The zero-order valence-corrected chi connectivity index (χ0v) is 27.5. The predicted octanol–water partition coefficient (Wildman–Crippen LogP) is 8.38. The summed E-state index contributed by atoms with van der Waals surface area (Å²) in [6, 6.07) is 18.3. The summed E-state index contributed by atoms with van der Waals surface area (Å²) in [4.78, 5) is 20.9. The standard InChI is InChI=1S/C17H17Cl2NO3.C13H15IN4O/c1-3-22-10-23-17(21)12-6-4-5-7-14(12)20-16-13(18)9-8-11(2)15(16)19;1-8-6-12(15-2)18-13(16-8)17-9-4-5-11(19-3)10(14)7-9/h4-9,20H,3,10H2,1-2H3;4-7H,1-3H3,(H2,15,16,17,18). The van der Waals surface area contributed by atoms with Gasteiger partial charge in [0.2, 0.25) is 5.95 Å². The molecule has 0 aliphatic rings. The third-order valence-corrected chi connectivity index (χ3v) is 7.33. The summed E-state index contributed by atoms with van der Waals surface area (Å²) in [5, 5.41) is 10.3. The van der Waals surface area contributed by atoms with Gasteiger partial charge in [0.05, 0.1) is 37.7 Å². The zero-order chi connectivity index (χ0) is 30.6. The Labute approximate surface area is 269 Å². The van der Waals surface area contributed by atoms with E-state index in [9.17, 15) is 4.79 Å². The lowest BCUT2D eigenvalue weighted by Gasteiger charge is -2.15. The molecule has 0 aliphatic carbocycles. The van der Waals surface area contributed by atoms with Crippen molar-refractivity contribution in [2.24, 2.45) is 0 Å². The molecule has 9 nitrogen and oxygen atoms in total. The first kappa shape index (κ1) is 33.2. The molecule has 0 saturated heterocycles. The van der Waals surface area contributed by atoms with Gasteiger partial charge in [0.25, 0.3) is 0 Å². The van der Waals surface area contributed by atoms with Crippen LogP contribution in [0.25, 0.3) is 0 Å². The average Bonchev–Trinajstić information content (AvgIpc) is 2.97. The van der Waals surface area contributed by atoms with E-state index in [1.165, 1.54) is 0 Å². The zero-order valence-electron chi connectivity index (χ0n) is 23.8. The number of nitrogens with zero attached hydrogens (tertiary/aromatic N) is 2. The third kappa shape index (κ3) is 9.35. The molecule has 0 radical (unpaired) electrons. The summed E-state index contributed by atoms with van der Waals surface area (Å²) < 4.78 is 16.4. The summed E-state index contributed by atoms with van der Waals surface area (Å²) in [5.41, 5.74) is 4.21. The summed E-state index contributed by atoms with van der Waals surface area (Å²) >= 11 is 14.7. The Morgan fingerprint density at radius 2 is 1.76 bits per heavy atom. The fourth-order valence-electron chi connectivity index (χ4n) is 3.56. The number of halogens is 3. The molecule has 4 aromatic rings. The fourth-order valence-corrected chi connectivity index (χ4v) is 4.76. The number of hydrogen-bond acceptors (Lipinski definition) is 9. The number of aromatic nitrogens is 2. The number of aryl methyl sites for hydroxylation is 2. The van der Waals surface area contributed by atoms with E-state index in [0.29, 0.717) is 39.5 Å². The van der Waals surface area contributed by atoms with Crippen molar-refractivity contribution < 1.29 is 19.0 Å². The maximum absolute atomic E-state index is 12.2. The van der Waals surface area contributed by atoms with Gasteiger partial charge < -0.3 is 30.2 Å². The van der Waals surface area contributed by atoms with Gasteiger partial charge in [-0.25, -0.2) is 9.78 Å². The molecule has 0 aliphatic heterocycles. The van der Waals surface area contributed by atoms with E-state index in [4.69, 9.17) is 37.4 Å². The van der Waals surface area contributed by atoms with E-state index >= 15 is 0 Å². The van der Waals surface area contributed by atoms with Gasteiger partial charge in [-0.2, -0.15) is 4.98 Å². The van der Waals surface area contributed by atoms with Gasteiger partial charge in [-0.1, -0.05) is 41.4 Å². The van der Waals surface area contributed by atoms with E-state index in [1.54, 1.807) is 37.4 Å². The quantitative estimate of drug-likeness (QED) is 0.0644. The minimum absolute atomic E-state index is 0.0877. The minimum atomic E-state index is -0.485. The Morgan fingerprint density at radius 3 is 2.45 bits per heavy atom. The highest BCUT2D eigenvalue weighted by Crippen LogP contribution is 2.36. The van der Waals surface area contributed by atoms with Crippen LogP contribution in [0.3, 0.4) is 0 Å². The van der Waals surface area contributed by atoms with Gasteiger partial charge in [0.15, 0.2) is 6.79 Å². The molecule has 0 amide bonds. The van der Waals surface area contributed by atoms with Gasteiger partial charge >= 0.3 is 5.97 Å². The number of hydrogen-bond donors (Lipinski definition) is 3. The molecule has 3 aromatic carbocycles. The molecule has 1 heterocycles. The van der Waals surface area contributed by atoms with Crippen LogP contribution in [-0.2, 0) is 9.47 Å². The van der Waals surface area contributed by atoms with Crippen LogP contribution in [0.4, 0.5) is 28.8 Å². The molecule has 3 N–H and O–H groups in total. The van der Waals surface area contributed by atoms with Crippen LogP contribution in [-0.4, -0.2) is 43.5 Å². The fraction of sp³-hybridized carbons (Fsp3) is 0.233. The van der Waals surface area contributed by atoms with Crippen molar-refractivity contribution in [3.63, 3.8) is 0 Å². The SMILES string of the molecule is CCOCOC(=O)c1ccccc1Nc1c(Cl)ccc(C)c1Cl.CNc1cc(C)nc(Nc2ccc(OC)c(I)c2)n1. The normalized spacial score (nSPS) is 10.3. The van der Waals surface area contributed by atoms with Gasteiger partial charge in [-0.05, 0) is 85.3 Å². The minimum Gasteiger partial charge on any atom is -0.496 e. The highest BCUT2D eigenvalue weighted by Gasteiger charge is 2.15. The van der Waals surface area contributed by atoms with Crippen molar-refractivity contribution in [3.05, 3.63) is 91.1 Å². The maximum atomic E-state index is 12.2. The van der Waals surface area contributed by atoms with E-state index in [1.807, 2.05) is 58.2 Å². The van der Waals surface area contributed by atoms with Crippen LogP contribution < -0.4 is 20.7 Å². The van der Waals surface area contributed by atoms with E-state index in [2.05, 4.69) is 48.5 Å². The molecule has 0 spiro atoms. The molecule has 0 unspecified atom stereocenters. The van der Waals surface area contributed by atoms with Crippen LogP contribution in [0.1, 0.15) is 28.5 Å². The predicted molar refractivity (Wildman–Crippen MR) is 178 cm³/mol. The molecule has 222 valence electrons. The molecule has 0 atom stereocenters. The molecular weight excluding hydrogens is 692 g/mol. The topological polar surface area (TPSA) is 107 Å². The van der Waals surface area contributed by atoms with Crippen LogP contribution in [0.5, 0.6) is 5.75 Å². The number of methoxy groups -OCH3 is 1. The lowest BCUT2D eigenvalue weighted by Crippen LogP contribution is -2.11. The monoisotopic (exact) mass is 723 g/mol.